The lowest BCUT2D eigenvalue weighted by atomic mass is 10.2. The number of rotatable bonds is 1. The van der Waals surface area contributed by atoms with Crippen LogP contribution in [0.15, 0.2) is 48.7 Å². The van der Waals surface area contributed by atoms with Gasteiger partial charge in [0, 0.05) is 6.07 Å². The Bertz CT molecular complexity index is 446. The second kappa shape index (κ2) is 6.27. The zero-order valence-electron chi connectivity index (χ0n) is 9.51. The van der Waals surface area contributed by atoms with Gasteiger partial charge in [-0.3, -0.25) is 5.73 Å². The molecule has 0 spiro atoms. The van der Waals surface area contributed by atoms with Crippen LogP contribution in [0.5, 0.6) is 0 Å². The van der Waals surface area contributed by atoms with Crippen LogP contribution < -0.4 is 15.8 Å². The maximum atomic E-state index is 10.1. The molecule has 0 fully saturated rings. The summed E-state index contributed by atoms with van der Waals surface area (Å²) in [5, 5.41) is 10.1. The molecule has 1 aromatic heterocycles. The van der Waals surface area contributed by atoms with Crippen molar-refractivity contribution < 1.29 is 14.9 Å². The number of hydrogen-bond donors (Lipinski definition) is 1. The van der Waals surface area contributed by atoms with Gasteiger partial charge in [-0.05, 0) is 24.1 Å². The third kappa shape index (κ3) is 4.79. The van der Waals surface area contributed by atoms with Crippen LogP contribution >= 0.6 is 0 Å². The van der Waals surface area contributed by atoms with Crippen LogP contribution in [0.3, 0.4) is 0 Å². The second-order valence-corrected chi connectivity index (χ2v) is 3.47. The quantitative estimate of drug-likeness (QED) is 0.772. The van der Waals surface area contributed by atoms with Crippen molar-refractivity contribution in [3.63, 3.8) is 0 Å². The lowest BCUT2D eigenvalue weighted by Crippen LogP contribution is -2.21. The number of pyridine rings is 1. The van der Waals surface area contributed by atoms with E-state index in [0.29, 0.717) is 5.82 Å². The fourth-order valence-electron chi connectivity index (χ4n) is 1.09. The molecule has 88 valence electrons. The highest BCUT2D eigenvalue weighted by Crippen LogP contribution is 1.94. The first-order valence-corrected chi connectivity index (χ1v) is 5.10. The fraction of sp³-hybridized carbons (Fsp3) is 0.0769. The number of carbonyl (C=O) groups is 1. The summed E-state index contributed by atoms with van der Waals surface area (Å²) >= 11 is 0. The molecule has 2 rings (SSSR count). The van der Waals surface area contributed by atoms with Gasteiger partial charge in [0.05, 0.1) is 12.2 Å². The van der Waals surface area contributed by atoms with Gasteiger partial charge >= 0.3 is 0 Å². The van der Waals surface area contributed by atoms with E-state index < -0.39 is 5.97 Å². The van der Waals surface area contributed by atoms with Crippen molar-refractivity contribution in [3.05, 3.63) is 59.8 Å². The highest BCUT2D eigenvalue weighted by atomic mass is 16.4. The van der Waals surface area contributed by atoms with Crippen molar-refractivity contribution in [1.29, 1.82) is 0 Å². The van der Waals surface area contributed by atoms with Crippen LogP contribution in [0.2, 0.25) is 0 Å². The number of carboxylic acid groups (broad SMARTS) is 1. The molecule has 1 heterocycles. The van der Waals surface area contributed by atoms with E-state index in [1.165, 1.54) is 17.7 Å². The number of aryl methyl sites for hydroxylation is 1. The van der Waals surface area contributed by atoms with Crippen molar-refractivity contribution in [2.45, 2.75) is 6.92 Å². The van der Waals surface area contributed by atoms with E-state index in [2.05, 4.69) is 4.98 Å². The summed E-state index contributed by atoms with van der Waals surface area (Å²) in [7, 11) is 0. The molecule has 1 aromatic carbocycles. The number of hydrogen-bond acceptors (Lipinski definition) is 3. The van der Waals surface area contributed by atoms with Gasteiger partial charge in [0.25, 0.3) is 5.82 Å². The number of carboxylic acids is 1. The average molecular weight is 230 g/mol. The Balaban J connectivity index is 0.000000171. The van der Waals surface area contributed by atoms with Crippen LogP contribution in [0.25, 0.3) is 0 Å². The van der Waals surface area contributed by atoms with Gasteiger partial charge < -0.3 is 9.90 Å². The first kappa shape index (κ1) is 12.7. The Labute approximate surface area is 99.7 Å². The molecule has 0 saturated heterocycles. The van der Waals surface area contributed by atoms with Crippen LogP contribution in [-0.4, -0.2) is 5.97 Å². The summed E-state index contributed by atoms with van der Waals surface area (Å²) < 4.78 is 0. The molecule has 0 aliphatic heterocycles. The molecule has 0 aliphatic rings. The van der Waals surface area contributed by atoms with Crippen molar-refractivity contribution in [1.82, 2.24) is 0 Å². The summed E-state index contributed by atoms with van der Waals surface area (Å²) in [5.74, 6) is -0.425. The lowest BCUT2D eigenvalue weighted by molar-refractivity contribution is -0.360. The van der Waals surface area contributed by atoms with Crippen molar-refractivity contribution >= 4 is 11.8 Å². The number of aromatic amines is 1. The molecule has 3 N–H and O–H groups in total. The van der Waals surface area contributed by atoms with Crippen LogP contribution in [-0.2, 0) is 0 Å². The van der Waals surface area contributed by atoms with Gasteiger partial charge in [-0.15, -0.1) is 0 Å². The molecule has 0 radical (unpaired) electrons. The van der Waals surface area contributed by atoms with E-state index in [1.807, 2.05) is 25.3 Å². The number of benzene rings is 1. The van der Waals surface area contributed by atoms with Crippen molar-refractivity contribution in [2.24, 2.45) is 0 Å². The van der Waals surface area contributed by atoms with Gasteiger partial charge in [-0.1, -0.05) is 30.3 Å². The molecule has 4 heteroatoms. The van der Waals surface area contributed by atoms with Gasteiger partial charge in [0.2, 0.25) is 0 Å². The third-order valence-electron chi connectivity index (χ3n) is 2.00. The van der Waals surface area contributed by atoms with Crippen molar-refractivity contribution in [2.75, 3.05) is 5.73 Å². The standard InChI is InChI=1S/C7H6O2.C6H8N2/c8-7(9)6-4-2-1-3-5-6;1-5-2-3-6(7)8-4-5/h1-5H,(H,8,9);2-4H,1H3,(H2,7,8). The minimum atomic E-state index is -1.13. The number of carbonyl (C=O) groups excluding carboxylic acids is 1. The lowest BCUT2D eigenvalue weighted by Gasteiger charge is -1.97. The third-order valence-corrected chi connectivity index (χ3v) is 2.00. The minimum absolute atomic E-state index is 0.220. The molecule has 17 heavy (non-hydrogen) atoms. The second-order valence-electron chi connectivity index (χ2n) is 3.47. The van der Waals surface area contributed by atoms with Gasteiger partial charge in [-0.25, -0.2) is 4.98 Å². The Kier molecular flexibility index (Phi) is 4.69. The SMILES string of the molecule is Cc1ccc(N)[nH+]c1.O=C([O-])c1ccccc1. The molecule has 0 aliphatic carbocycles. The van der Waals surface area contributed by atoms with Crippen LogP contribution in [0, 0.1) is 6.92 Å². The molecule has 2 aromatic rings. The Morgan fingerprint density at radius 1 is 1.18 bits per heavy atom. The number of nitrogens with two attached hydrogens (primary N) is 1. The number of aromatic carboxylic acids is 1. The van der Waals surface area contributed by atoms with Gasteiger partial charge in [-0.2, -0.15) is 0 Å². The normalized spacial score (nSPS) is 9.00. The first-order valence-electron chi connectivity index (χ1n) is 5.10. The van der Waals surface area contributed by atoms with E-state index in [1.54, 1.807) is 18.2 Å². The van der Waals surface area contributed by atoms with E-state index in [0.717, 1.165) is 0 Å². The molecule has 4 nitrogen and oxygen atoms in total. The number of nitrogen functional groups attached to an aromatic ring is 1. The molecular formula is C13H14N2O2. The zero-order valence-corrected chi connectivity index (χ0v) is 9.51. The molecule has 0 atom stereocenters. The fourth-order valence-corrected chi connectivity index (χ4v) is 1.09. The molecule has 0 amide bonds. The van der Waals surface area contributed by atoms with E-state index >= 15 is 0 Å². The first-order chi connectivity index (χ1) is 8.09. The topological polar surface area (TPSA) is 80.3 Å². The molecular weight excluding hydrogens is 216 g/mol. The summed E-state index contributed by atoms with van der Waals surface area (Å²) in [6.07, 6.45) is 1.87. The minimum Gasteiger partial charge on any atom is -0.545 e. The maximum absolute atomic E-state index is 10.1. The summed E-state index contributed by atoms with van der Waals surface area (Å²) in [6, 6.07) is 11.9. The van der Waals surface area contributed by atoms with E-state index in [9.17, 15) is 9.90 Å². The predicted molar refractivity (Wildman–Crippen MR) is 62.9 cm³/mol. The summed E-state index contributed by atoms with van der Waals surface area (Å²) in [6.45, 7) is 2.01. The number of anilines is 1. The largest absolute Gasteiger partial charge is 0.545 e. The monoisotopic (exact) mass is 230 g/mol. The van der Waals surface area contributed by atoms with Crippen LogP contribution in [0.4, 0.5) is 5.82 Å². The summed E-state index contributed by atoms with van der Waals surface area (Å²) in [4.78, 5) is 13.0. The Morgan fingerprint density at radius 3 is 2.18 bits per heavy atom. The highest BCUT2D eigenvalue weighted by molar-refractivity contribution is 5.85. The van der Waals surface area contributed by atoms with Crippen LogP contribution in [0.1, 0.15) is 15.9 Å². The maximum Gasteiger partial charge on any atom is 0.270 e. The average Bonchev–Trinajstić information content (AvgIpc) is 2.35. The number of aromatic nitrogens is 1. The zero-order chi connectivity index (χ0) is 12.7. The van der Waals surface area contributed by atoms with Crippen molar-refractivity contribution in [3.8, 4) is 0 Å². The highest BCUT2D eigenvalue weighted by Gasteiger charge is 1.87. The van der Waals surface area contributed by atoms with E-state index in [4.69, 9.17) is 5.73 Å². The van der Waals surface area contributed by atoms with E-state index in [-0.39, 0.29) is 5.56 Å². The molecule has 0 bridgehead atoms. The molecule has 0 unspecified atom stereocenters. The predicted octanol–water partition coefficient (Wildman–Crippen LogP) is 0.441. The Morgan fingerprint density at radius 2 is 1.82 bits per heavy atom. The van der Waals surface area contributed by atoms with Gasteiger partial charge in [0.15, 0.2) is 0 Å². The smallest absolute Gasteiger partial charge is 0.270 e. The summed E-state index contributed by atoms with van der Waals surface area (Å²) in [5.41, 5.74) is 6.78. The molecule has 0 saturated carbocycles. The number of H-pyrrole nitrogens is 1. The number of nitrogens with one attached hydrogen (secondary N) is 1. The van der Waals surface area contributed by atoms with Gasteiger partial charge in [0.1, 0.15) is 0 Å². The Hall–Kier alpha value is -2.36.